The summed E-state index contributed by atoms with van der Waals surface area (Å²) in [7, 11) is 0. The van der Waals surface area contributed by atoms with E-state index in [2.05, 4.69) is 10.6 Å². The molecule has 0 aliphatic heterocycles. The first-order valence-electron chi connectivity index (χ1n) is 9.53. The smallest absolute Gasteiger partial charge is 0.258 e. The van der Waals surface area contributed by atoms with Crippen molar-refractivity contribution in [1.82, 2.24) is 10.6 Å². The number of benzene rings is 2. The van der Waals surface area contributed by atoms with Crippen LogP contribution in [-0.4, -0.2) is 49.3 Å². The van der Waals surface area contributed by atoms with Gasteiger partial charge in [0.25, 0.3) is 11.8 Å². The molecule has 0 aromatic heterocycles. The normalized spacial score (nSPS) is 11.4. The fourth-order valence-corrected chi connectivity index (χ4v) is 2.38. The van der Waals surface area contributed by atoms with Crippen LogP contribution in [0.3, 0.4) is 0 Å². The summed E-state index contributed by atoms with van der Waals surface area (Å²) in [5, 5.41) is 15.2. The molecule has 0 bridgehead atoms. The van der Waals surface area contributed by atoms with Gasteiger partial charge in [0.1, 0.15) is 11.5 Å². The lowest BCUT2D eigenvalue weighted by molar-refractivity contribution is -0.124. The number of hydrogen-bond acceptors (Lipinski definition) is 5. The summed E-state index contributed by atoms with van der Waals surface area (Å²) in [5.74, 6) is 0.650. The molecule has 156 valence electrons. The maximum atomic E-state index is 11.8. The van der Waals surface area contributed by atoms with Gasteiger partial charge in [-0.2, -0.15) is 0 Å². The van der Waals surface area contributed by atoms with Crippen LogP contribution in [0, 0.1) is 13.8 Å². The van der Waals surface area contributed by atoms with Crippen LogP contribution in [-0.2, 0) is 9.59 Å². The van der Waals surface area contributed by atoms with E-state index in [1.165, 1.54) is 0 Å². The lowest BCUT2D eigenvalue weighted by Gasteiger charge is -2.13. The summed E-state index contributed by atoms with van der Waals surface area (Å²) < 4.78 is 10.8. The van der Waals surface area contributed by atoms with E-state index in [0.717, 1.165) is 11.1 Å². The molecule has 3 N–H and O–H groups in total. The van der Waals surface area contributed by atoms with E-state index in [1.807, 2.05) is 38.1 Å². The summed E-state index contributed by atoms with van der Waals surface area (Å²) in [4.78, 5) is 23.5. The zero-order chi connectivity index (χ0) is 21.1. The standard InChI is InChI=1S/C22H28N2O5/c1-16-3-7-19(8-4-16)28-14-21(26)23-12-11-18(25)13-24-22(27)15-29-20-9-5-17(2)6-10-20/h3-10,18,25H,11-15H2,1-2H3,(H,23,26)(H,24,27)/t18-/m0/s1. The van der Waals surface area contributed by atoms with Gasteiger partial charge in [-0.05, 0) is 44.5 Å². The molecule has 0 aliphatic rings. The molecule has 0 aliphatic carbocycles. The van der Waals surface area contributed by atoms with Crippen molar-refractivity contribution in [2.75, 3.05) is 26.3 Å². The van der Waals surface area contributed by atoms with Gasteiger partial charge in [0.15, 0.2) is 13.2 Å². The molecule has 2 aromatic carbocycles. The Morgan fingerprint density at radius 1 is 0.828 bits per heavy atom. The molecule has 2 aromatic rings. The zero-order valence-electron chi connectivity index (χ0n) is 16.8. The molecule has 0 fully saturated rings. The molecule has 0 saturated carbocycles. The van der Waals surface area contributed by atoms with Crippen molar-refractivity contribution in [3.63, 3.8) is 0 Å². The van der Waals surface area contributed by atoms with Gasteiger partial charge in [-0.15, -0.1) is 0 Å². The number of aryl methyl sites for hydroxylation is 2. The Morgan fingerprint density at radius 3 is 1.76 bits per heavy atom. The Morgan fingerprint density at radius 2 is 1.28 bits per heavy atom. The fraction of sp³-hybridized carbons (Fsp3) is 0.364. The third kappa shape index (κ3) is 9.12. The molecular weight excluding hydrogens is 372 g/mol. The molecule has 0 radical (unpaired) electrons. The first-order chi connectivity index (χ1) is 13.9. The van der Waals surface area contributed by atoms with Crippen molar-refractivity contribution < 1.29 is 24.2 Å². The Hall–Kier alpha value is -3.06. The second kappa shape index (κ2) is 11.7. The summed E-state index contributed by atoms with van der Waals surface area (Å²) in [6, 6.07) is 14.8. The second-order valence-electron chi connectivity index (χ2n) is 6.80. The first kappa shape index (κ1) is 22.2. The van der Waals surface area contributed by atoms with E-state index >= 15 is 0 Å². The summed E-state index contributed by atoms with van der Waals surface area (Å²) in [6.07, 6.45) is -0.452. The van der Waals surface area contributed by atoms with Crippen LogP contribution in [0.2, 0.25) is 0 Å². The molecular formula is C22H28N2O5. The van der Waals surface area contributed by atoms with Gasteiger partial charge >= 0.3 is 0 Å². The lowest BCUT2D eigenvalue weighted by atomic mass is 10.2. The van der Waals surface area contributed by atoms with Crippen LogP contribution >= 0.6 is 0 Å². The van der Waals surface area contributed by atoms with E-state index in [4.69, 9.17) is 9.47 Å². The molecule has 7 nitrogen and oxygen atoms in total. The second-order valence-corrected chi connectivity index (χ2v) is 6.80. The number of amides is 2. The van der Waals surface area contributed by atoms with Gasteiger partial charge < -0.3 is 25.2 Å². The van der Waals surface area contributed by atoms with Crippen molar-refractivity contribution in [3.8, 4) is 11.5 Å². The Balaban J connectivity index is 1.53. The topological polar surface area (TPSA) is 96.9 Å². The summed E-state index contributed by atoms with van der Waals surface area (Å²) in [5.41, 5.74) is 2.23. The third-order valence-corrected chi connectivity index (χ3v) is 4.12. The first-order valence-corrected chi connectivity index (χ1v) is 9.53. The third-order valence-electron chi connectivity index (χ3n) is 4.12. The SMILES string of the molecule is Cc1ccc(OCC(=O)NCC[C@H](O)CNC(=O)COc2ccc(C)cc2)cc1. The molecule has 0 spiro atoms. The maximum absolute atomic E-state index is 11.8. The van der Waals surface area contributed by atoms with Crippen molar-refractivity contribution in [3.05, 3.63) is 59.7 Å². The molecule has 0 heterocycles. The Labute approximate surface area is 171 Å². The van der Waals surface area contributed by atoms with Crippen molar-refractivity contribution in [1.29, 1.82) is 0 Å². The van der Waals surface area contributed by atoms with E-state index in [-0.39, 0.29) is 38.1 Å². The van der Waals surface area contributed by atoms with Gasteiger partial charge in [-0.3, -0.25) is 9.59 Å². The zero-order valence-corrected chi connectivity index (χ0v) is 16.8. The molecule has 0 saturated heterocycles. The number of hydrogen-bond donors (Lipinski definition) is 3. The minimum atomic E-state index is -0.767. The number of carbonyl (C=O) groups is 2. The van der Waals surface area contributed by atoms with Crippen molar-refractivity contribution >= 4 is 11.8 Å². The van der Waals surface area contributed by atoms with Gasteiger partial charge in [-0.1, -0.05) is 35.4 Å². The van der Waals surface area contributed by atoms with Crippen LogP contribution in [0.1, 0.15) is 17.5 Å². The predicted octanol–water partition coefficient (Wildman–Crippen LogP) is 1.74. The monoisotopic (exact) mass is 400 g/mol. The molecule has 2 amide bonds. The molecule has 2 rings (SSSR count). The van der Waals surface area contributed by atoms with Gasteiger partial charge in [0.05, 0.1) is 6.10 Å². The van der Waals surface area contributed by atoms with Crippen LogP contribution in [0.25, 0.3) is 0 Å². The number of nitrogens with one attached hydrogen (secondary N) is 2. The van der Waals surface area contributed by atoms with Crippen LogP contribution < -0.4 is 20.1 Å². The highest BCUT2D eigenvalue weighted by molar-refractivity contribution is 5.78. The van der Waals surface area contributed by atoms with Crippen LogP contribution in [0.5, 0.6) is 11.5 Å². The van der Waals surface area contributed by atoms with E-state index in [9.17, 15) is 14.7 Å². The fourth-order valence-electron chi connectivity index (χ4n) is 2.38. The van der Waals surface area contributed by atoms with Gasteiger partial charge in [0, 0.05) is 13.1 Å². The quantitative estimate of drug-likeness (QED) is 0.534. The average Bonchev–Trinajstić information content (AvgIpc) is 2.71. The van der Waals surface area contributed by atoms with E-state index < -0.39 is 6.10 Å². The highest BCUT2D eigenvalue weighted by Crippen LogP contribution is 2.11. The highest BCUT2D eigenvalue weighted by Gasteiger charge is 2.09. The number of aliphatic hydroxyl groups is 1. The largest absolute Gasteiger partial charge is 0.484 e. The molecule has 1 atom stereocenters. The molecule has 0 unspecified atom stereocenters. The Kier molecular flexibility index (Phi) is 8.98. The molecule has 7 heteroatoms. The van der Waals surface area contributed by atoms with Crippen molar-refractivity contribution in [2.24, 2.45) is 0 Å². The lowest BCUT2D eigenvalue weighted by Crippen LogP contribution is -2.37. The Bertz CT molecular complexity index is 775. The van der Waals surface area contributed by atoms with Crippen molar-refractivity contribution in [2.45, 2.75) is 26.4 Å². The minimum Gasteiger partial charge on any atom is -0.484 e. The minimum absolute atomic E-state index is 0.0891. The number of rotatable bonds is 11. The molecule has 29 heavy (non-hydrogen) atoms. The van der Waals surface area contributed by atoms with Gasteiger partial charge in [-0.25, -0.2) is 0 Å². The highest BCUT2D eigenvalue weighted by atomic mass is 16.5. The summed E-state index contributed by atoms with van der Waals surface area (Å²) >= 11 is 0. The number of carbonyl (C=O) groups excluding carboxylic acids is 2. The maximum Gasteiger partial charge on any atom is 0.258 e. The predicted molar refractivity (Wildman–Crippen MR) is 110 cm³/mol. The van der Waals surface area contributed by atoms with E-state index in [1.54, 1.807) is 24.3 Å². The summed E-state index contributed by atoms with van der Waals surface area (Å²) in [6.45, 7) is 4.10. The van der Waals surface area contributed by atoms with Crippen LogP contribution in [0.15, 0.2) is 48.5 Å². The van der Waals surface area contributed by atoms with Crippen LogP contribution in [0.4, 0.5) is 0 Å². The number of ether oxygens (including phenoxy) is 2. The average molecular weight is 400 g/mol. The van der Waals surface area contributed by atoms with Gasteiger partial charge in [0.2, 0.25) is 0 Å². The van der Waals surface area contributed by atoms with E-state index in [0.29, 0.717) is 17.9 Å². The number of aliphatic hydroxyl groups excluding tert-OH is 1.